The van der Waals surface area contributed by atoms with Crippen LogP contribution in [0.25, 0.3) is 10.9 Å². The van der Waals surface area contributed by atoms with Crippen LogP contribution in [0.3, 0.4) is 0 Å². The third-order valence-electron chi connectivity index (χ3n) is 5.59. The van der Waals surface area contributed by atoms with E-state index in [-0.39, 0.29) is 5.91 Å². The first-order valence-electron chi connectivity index (χ1n) is 10.1. The monoisotopic (exact) mass is 383 g/mol. The van der Waals surface area contributed by atoms with Gasteiger partial charge in [-0.05, 0) is 19.2 Å². The Morgan fingerprint density at radius 3 is 2.64 bits per heavy atom. The van der Waals surface area contributed by atoms with Gasteiger partial charge in [0, 0.05) is 57.7 Å². The molecule has 1 aromatic heterocycles. The molecule has 2 saturated heterocycles. The molecule has 3 heterocycles. The Bertz CT molecular complexity index is 814. The van der Waals surface area contributed by atoms with E-state index in [9.17, 15) is 4.79 Å². The fraction of sp³-hybridized carbons (Fsp3) is 0.524. The molecule has 0 unspecified atom stereocenters. The number of nitrogens with zero attached hydrogens (tertiary/aromatic N) is 4. The van der Waals surface area contributed by atoms with E-state index < -0.39 is 0 Å². The summed E-state index contributed by atoms with van der Waals surface area (Å²) in [5.74, 6) is 0.868. The molecule has 150 valence electrons. The lowest BCUT2D eigenvalue weighted by molar-refractivity contribution is 0.0383. The first-order valence-corrected chi connectivity index (χ1v) is 10.1. The van der Waals surface area contributed by atoms with Crippen LogP contribution < -0.4 is 10.2 Å². The highest BCUT2D eigenvalue weighted by molar-refractivity contribution is 6.07. The molecule has 1 N–H and O–H groups in total. The Morgan fingerprint density at radius 1 is 1.11 bits per heavy atom. The minimum Gasteiger partial charge on any atom is -0.379 e. The van der Waals surface area contributed by atoms with Crippen LogP contribution in [0, 0.1) is 0 Å². The second kappa shape index (κ2) is 8.86. The maximum Gasteiger partial charge on any atom is 0.252 e. The summed E-state index contributed by atoms with van der Waals surface area (Å²) in [6.07, 6.45) is 0. The molecule has 4 rings (SSSR count). The van der Waals surface area contributed by atoms with E-state index in [1.165, 1.54) is 0 Å². The summed E-state index contributed by atoms with van der Waals surface area (Å²) in [4.78, 5) is 24.7. The normalized spacial score (nSPS) is 19.1. The van der Waals surface area contributed by atoms with Crippen LogP contribution in [0.1, 0.15) is 10.4 Å². The van der Waals surface area contributed by atoms with Crippen molar-refractivity contribution in [1.82, 2.24) is 20.1 Å². The molecule has 0 radical (unpaired) electrons. The molecule has 0 atom stereocenters. The van der Waals surface area contributed by atoms with E-state index in [0.29, 0.717) is 12.1 Å². The summed E-state index contributed by atoms with van der Waals surface area (Å²) in [6, 6.07) is 9.86. The zero-order valence-electron chi connectivity index (χ0n) is 16.6. The number of fused-ring (bicyclic) bond motifs is 1. The molecule has 7 nitrogen and oxygen atoms in total. The van der Waals surface area contributed by atoms with Crippen molar-refractivity contribution in [3.8, 4) is 0 Å². The predicted molar refractivity (Wildman–Crippen MR) is 111 cm³/mol. The van der Waals surface area contributed by atoms with Crippen LogP contribution in [-0.2, 0) is 4.74 Å². The number of nitrogens with one attached hydrogen (secondary N) is 1. The lowest BCUT2D eigenvalue weighted by Crippen LogP contribution is -2.45. The molecule has 0 aliphatic carbocycles. The number of piperazine rings is 1. The third-order valence-corrected chi connectivity index (χ3v) is 5.59. The van der Waals surface area contributed by atoms with Crippen LogP contribution in [0.15, 0.2) is 30.3 Å². The van der Waals surface area contributed by atoms with Crippen LogP contribution >= 0.6 is 0 Å². The summed E-state index contributed by atoms with van der Waals surface area (Å²) in [5.41, 5.74) is 1.58. The van der Waals surface area contributed by atoms with Crippen molar-refractivity contribution in [3.05, 3.63) is 35.9 Å². The summed E-state index contributed by atoms with van der Waals surface area (Å²) in [7, 11) is 2.14. The maximum absolute atomic E-state index is 13.0. The van der Waals surface area contributed by atoms with Crippen molar-refractivity contribution in [2.45, 2.75) is 0 Å². The topological polar surface area (TPSA) is 60.9 Å². The summed E-state index contributed by atoms with van der Waals surface area (Å²) in [5, 5.41) is 4.01. The van der Waals surface area contributed by atoms with Gasteiger partial charge in [0.1, 0.15) is 5.82 Å². The molecule has 1 aromatic carbocycles. The quantitative estimate of drug-likeness (QED) is 0.833. The van der Waals surface area contributed by atoms with Crippen molar-refractivity contribution in [1.29, 1.82) is 0 Å². The zero-order chi connectivity index (χ0) is 19.3. The molecule has 1 amide bonds. The molecule has 0 saturated carbocycles. The molecule has 28 heavy (non-hydrogen) atoms. The van der Waals surface area contributed by atoms with Gasteiger partial charge in [0.05, 0.1) is 24.3 Å². The number of hydrogen-bond acceptors (Lipinski definition) is 6. The Morgan fingerprint density at radius 2 is 1.86 bits per heavy atom. The number of amides is 1. The van der Waals surface area contributed by atoms with Gasteiger partial charge < -0.3 is 19.9 Å². The van der Waals surface area contributed by atoms with E-state index in [1.807, 2.05) is 30.3 Å². The highest BCUT2D eigenvalue weighted by Gasteiger charge is 2.19. The predicted octanol–water partition coefficient (Wildman–Crippen LogP) is 1.05. The molecular formula is C21H29N5O2. The van der Waals surface area contributed by atoms with Crippen molar-refractivity contribution >= 4 is 22.6 Å². The summed E-state index contributed by atoms with van der Waals surface area (Å²) < 4.78 is 5.38. The highest BCUT2D eigenvalue weighted by Crippen LogP contribution is 2.24. The average molecular weight is 383 g/mol. The Labute approximate surface area is 166 Å². The van der Waals surface area contributed by atoms with Gasteiger partial charge in [0.2, 0.25) is 0 Å². The van der Waals surface area contributed by atoms with Crippen molar-refractivity contribution in [3.63, 3.8) is 0 Å². The molecule has 2 fully saturated rings. The smallest absolute Gasteiger partial charge is 0.252 e. The molecule has 0 spiro atoms. The van der Waals surface area contributed by atoms with Gasteiger partial charge in [0.25, 0.3) is 5.91 Å². The van der Waals surface area contributed by atoms with Gasteiger partial charge in [-0.1, -0.05) is 18.2 Å². The third kappa shape index (κ3) is 4.43. The second-order valence-corrected chi connectivity index (χ2v) is 7.55. The number of rotatable bonds is 5. The number of hydrogen-bond donors (Lipinski definition) is 1. The lowest BCUT2D eigenvalue weighted by Gasteiger charge is -2.33. The fourth-order valence-electron chi connectivity index (χ4n) is 3.79. The Hall–Kier alpha value is -2.22. The average Bonchev–Trinajstić information content (AvgIpc) is 2.74. The van der Waals surface area contributed by atoms with E-state index >= 15 is 0 Å². The lowest BCUT2D eigenvalue weighted by atomic mass is 10.1. The molecule has 2 aromatic rings. The number of benzene rings is 1. The fourth-order valence-corrected chi connectivity index (χ4v) is 3.79. The van der Waals surface area contributed by atoms with Crippen molar-refractivity contribution in [2.24, 2.45) is 0 Å². The Kier molecular flexibility index (Phi) is 6.04. The van der Waals surface area contributed by atoms with Crippen LogP contribution in [0.5, 0.6) is 0 Å². The first kappa shape index (κ1) is 19.1. The zero-order valence-corrected chi connectivity index (χ0v) is 16.6. The Balaban J connectivity index is 1.50. The highest BCUT2D eigenvalue weighted by atomic mass is 16.5. The molecular weight excluding hydrogens is 354 g/mol. The first-order chi connectivity index (χ1) is 13.7. The van der Waals surface area contributed by atoms with Crippen molar-refractivity contribution in [2.75, 3.05) is 77.5 Å². The summed E-state index contributed by atoms with van der Waals surface area (Å²) >= 11 is 0. The largest absolute Gasteiger partial charge is 0.379 e. The van der Waals surface area contributed by atoms with Crippen LogP contribution in [0.4, 0.5) is 5.82 Å². The van der Waals surface area contributed by atoms with Crippen molar-refractivity contribution < 1.29 is 9.53 Å². The standard InChI is InChI=1S/C21H29N5O2/c1-24-8-10-26(11-9-24)20-16-18(17-4-2-3-5-19(17)23-20)21(27)22-6-7-25-12-14-28-15-13-25/h2-5,16H,6-15H2,1H3,(H,22,27). The maximum atomic E-state index is 13.0. The number of carbonyl (C=O) groups is 1. The minimum absolute atomic E-state index is 0.0257. The van der Waals surface area contributed by atoms with E-state index in [1.54, 1.807) is 0 Å². The van der Waals surface area contributed by atoms with Gasteiger partial charge in [-0.15, -0.1) is 0 Å². The van der Waals surface area contributed by atoms with E-state index in [4.69, 9.17) is 9.72 Å². The molecule has 2 aliphatic heterocycles. The van der Waals surface area contributed by atoms with Gasteiger partial charge in [0.15, 0.2) is 0 Å². The van der Waals surface area contributed by atoms with Gasteiger partial charge >= 0.3 is 0 Å². The number of ether oxygens (including phenoxy) is 1. The minimum atomic E-state index is -0.0257. The molecule has 0 bridgehead atoms. The van der Waals surface area contributed by atoms with Crippen LogP contribution in [-0.4, -0.2) is 93.3 Å². The SMILES string of the molecule is CN1CCN(c2cc(C(=O)NCCN3CCOCC3)c3ccccc3n2)CC1. The number of morpholine rings is 1. The van der Waals surface area contributed by atoms with Crippen LogP contribution in [0.2, 0.25) is 0 Å². The molecule has 2 aliphatic rings. The number of para-hydroxylation sites is 1. The van der Waals surface area contributed by atoms with Gasteiger partial charge in [-0.25, -0.2) is 4.98 Å². The molecule has 7 heteroatoms. The van der Waals surface area contributed by atoms with Gasteiger partial charge in [-0.2, -0.15) is 0 Å². The number of carbonyl (C=O) groups excluding carboxylic acids is 1. The number of pyridine rings is 1. The number of anilines is 1. The number of aromatic nitrogens is 1. The van der Waals surface area contributed by atoms with Gasteiger partial charge in [-0.3, -0.25) is 9.69 Å². The second-order valence-electron chi connectivity index (χ2n) is 7.55. The number of likely N-dealkylation sites (N-methyl/N-ethyl adjacent to an activating group) is 1. The summed E-state index contributed by atoms with van der Waals surface area (Å²) in [6.45, 7) is 8.78. The van der Waals surface area contributed by atoms with E-state index in [2.05, 4.69) is 27.1 Å². The van der Waals surface area contributed by atoms with E-state index in [0.717, 1.165) is 75.7 Å².